The molecule has 2 atom stereocenters. The molecular formula is C15H18F3NO2. The second-order valence-electron chi connectivity index (χ2n) is 5.67. The van der Waals surface area contributed by atoms with Crippen LogP contribution in [0.1, 0.15) is 37.4 Å². The molecule has 0 saturated carbocycles. The van der Waals surface area contributed by atoms with Crippen LogP contribution in [0.15, 0.2) is 24.3 Å². The number of β-amino-alcohol motifs (C(OH)–C–C–N with tert-alkyl or cyclic N) is 1. The smallest absolute Gasteiger partial charge is 0.391 e. The predicted octanol–water partition coefficient (Wildman–Crippen LogP) is 3.00. The first-order valence-corrected chi connectivity index (χ1v) is 6.86. The largest absolute Gasteiger partial charge is 0.416 e. The highest BCUT2D eigenvalue weighted by Crippen LogP contribution is 2.36. The Morgan fingerprint density at radius 2 is 2.05 bits per heavy atom. The van der Waals surface area contributed by atoms with E-state index < -0.39 is 23.9 Å². The fourth-order valence-electron chi connectivity index (χ4n) is 2.63. The molecule has 1 aliphatic heterocycles. The average Bonchev–Trinajstić information content (AvgIpc) is 2.79. The lowest BCUT2D eigenvalue weighted by molar-refractivity contribution is -0.137. The third kappa shape index (κ3) is 3.37. The molecule has 0 spiro atoms. The third-order valence-corrected chi connectivity index (χ3v) is 3.65. The van der Waals surface area contributed by atoms with Crippen LogP contribution in [0, 0.1) is 5.92 Å². The summed E-state index contributed by atoms with van der Waals surface area (Å²) in [6.07, 6.45) is -4.85. The number of hydrogen-bond acceptors (Lipinski definition) is 2. The number of carbonyl (C=O) groups excluding carboxylic acids is 1. The first-order valence-electron chi connectivity index (χ1n) is 6.86. The lowest BCUT2D eigenvalue weighted by Crippen LogP contribution is -2.34. The number of carbonyl (C=O) groups is 1. The number of nitrogens with zero attached hydrogens (tertiary/aromatic N) is 1. The highest BCUT2D eigenvalue weighted by molar-refractivity contribution is 5.79. The zero-order valence-corrected chi connectivity index (χ0v) is 11.9. The molecule has 2 unspecified atom stereocenters. The molecule has 0 aromatic heterocycles. The molecule has 0 bridgehead atoms. The minimum atomic E-state index is -4.42. The van der Waals surface area contributed by atoms with Crippen molar-refractivity contribution in [3.05, 3.63) is 35.4 Å². The summed E-state index contributed by atoms with van der Waals surface area (Å²) in [5.74, 6) is -0.419. The topological polar surface area (TPSA) is 40.5 Å². The Morgan fingerprint density at radius 3 is 2.62 bits per heavy atom. The van der Waals surface area contributed by atoms with Gasteiger partial charge in [-0.3, -0.25) is 4.79 Å². The van der Waals surface area contributed by atoms with Crippen LogP contribution in [-0.4, -0.2) is 28.6 Å². The molecule has 3 nitrogen and oxygen atoms in total. The van der Waals surface area contributed by atoms with Crippen molar-refractivity contribution in [2.75, 3.05) is 6.54 Å². The van der Waals surface area contributed by atoms with Crippen LogP contribution < -0.4 is 0 Å². The third-order valence-electron chi connectivity index (χ3n) is 3.65. The van der Waals surface area contributed by atoms with E-state index >= 15 is 0 Å². The van der Waals surface area contributed by atoms with Gasteiger partial charge in [-0.15, -0.1) is 0 Å². The summed E-state index contributed by atoms with van der Waals surface area (Å²) in [6, 6.07) is 4.46. The quantitative estimate of drug-likeness (QED) is 0.912. The van der Waals surface area contributed by atoms with Gasteiger partial charge in [-0.2, -0.15) is 13.2 Å². The minimum absolute atomic E-state index is 0.158. The minimum Gasteiger partial charge on any atom is -0.391 e. The maximum Gasteiger partial charge on any atom is 0.416 e. The number of halogens is 3. The van der Waals surface area contributed by atoms with E-state index in [4.69, 9.17) is 0 Å². The van der Waals surface area contributed by atoms with Gasteiger partial charge in [0.15, 0.2) is 0 Å². The van der Waals surface area contributed by atoms with Gasteiger partial charge in [-0.05, 0) is 24.1 Å². The number of rotatable bonds is 2. The van der Waals surface area contributed by atoms with Gasteiger partial charge in [0.05, 0.1) is 17.7 Å². The van der Waals surface area contributed by atoms with Gasteiger partial charge >= 0.3 is 6.18 Å². The van der Waals surface area contributed by atoms with E-state index in [1.54, 1.807) is 19.9 Å². The van der Waals surface area contributed by atoms with E-state index in [0.29, 0.717) is 5.56 Å². The second kappa shape index (κ2) is 5.67. The molecular weight excluding hydrogens is 283 g/mol. The molecule has 0 radical (unpaired) electrons. The zero-order valence-electron chi connectivity index (χ0n) is 11.9. The van der Waals surface area contributed by atoms with Crippen molar-refractivity contribution in [3.8, 4) is 0 Å². The maximum absolute atomic E-state index is 12.8. The number of likely N-dealkylation sites (tertiary alicyclic amines) is 1. The Hall–Kier alpha value is -1.56. The van der Waals surface area contributed by atoms with Crippen LogP contribution in [0.3, 0.4) is 0 Å². The van der Waals surface area contributed by atoms with Crippen LogP contribution in [-0.2, 0) is 11.0 Å². The molecule has 1 saturated heterocycles. The number of aliphatic hydroxyl groups excluding tert-OH is 1. The number of alkyl halides is 3. The molecule has 1 aromatic rings. The summed E-state index contributed by atoms with van der Waals surface area (Å²) in [5, 5.41) is 9.78. The van der Waals surface area contributed by atoms with Crippen molar-refractivity contribution in [1.82, 2.24) is 4.90 Å². The van der Waals surface area contributed by atoms with Crippen LogP contribution in [0.4, 0.5) is 13.2 Å². The number of benzene rings is 1. The van der Waals surface area contributed by atoms with Crippen molar-refractivity contribution >= 4 is 5.91 Å². The maximum atomic E-state index is 12.8. The van der Waals surface area contributed by atoms with Crippen LogP contribution in [0.5, 0.6) is 0 Å². The van der Waals surface area contributed by atoms with Gasteiger partial charge in [0, 0.05) is 12.5 Å². The molecule has 1 heterocycles. The molecule has 2 rings (SSSR count). The van der Waals surface area contributed by atoms with Gasteiger partial charge in [0.1, 0.15) is 0 Å². The van der Waals surface area contributed by atoms with Gasteiger partial charge in [0.25, 0.3) is 0 Å². The Bertz CT molecular complexity index is 528. The molecule has 1 N–H and O–H groups in total. The van der Waals surface area contributed by atoms with Gasteiger partial charge in [-0.25, -0.2) is 0 Å². The Balaban J connectivity index is 2.33. The fourth-order valence-corrected chi connectivity index (χ4v) is 2.63. The summed E-state index contributed by atoms with van der Waals surface area (Å²) in [5.41, 5.74) is -0.325. The van der Waals surface area contributed by atoms with Crippen LogP contribution in [0.25, 0.3) is 0 Å². The van der Waals surface area contributed by atoms with Crippen molar-refractivity contribution in [2.45, 2.75) is 38.6 Å². The molecule has 1 fully saturated rings. The first-order chi connectivity index (χ1) is 9.70. The van der Waals surface area contributed by atoms with E-state index in [9.17, 15) is 23.1 Å². The van der Waals surface area contributed by atoms with Gasteiger partial charge < -0.3 is 10.0 Å². The van der Waals surface area contributed by atoms with Crippen molar-refractivity contribution in [2.24, 2.45) is 5.92 Å². The molecule has 1 amide bonds. The SMILES string of the molecule is CC(C)C(=O)N1CC(O)CC1c1cccc(C(F)(F)F)c1. The van der Waals surface area contributed by atoms with E-state index in [0.717, 1.165) is 12.1 Å². The van der Waals surface area contributed by atoms with Crippen molar-refractivity contribution < 1.29 is 23.1 Å². The van der Waals surface area contributed by atoms with Gasteiger partial charge in [0.2, 0.25) is 5.91 Å². The van der Waals surface area contributed by atoms with Crippen molar-refractivity contribution in [1.29, 1.82) is 0 Å². The molecule has 6 heteroatoms. The molecule has 21 heavy (non-hydrogen) atoms. The monoisotopic (exact) mass is 301 g/mol. The molecule has 1 aromatic carbocycles. The summed E-state index contributed by atoms with van der Waals surface area (Å²) in [7, 11) is 0. The number of aliphatic hydroxyl groups is 1. The number of amides is 1. The predicted molar refractivity (Wildman–Crippen MR) is 71.4 cm³/mol. The van der Waals surface area contributed by atoms with Crippen LogP contribution >= 0.6 is 0 Å². The standard InChI is InChI=1S/C15H18F3NO2/c1-9(2)14(21)19-8-12(20)7-13(19)10-4-3-5-11(6-10)15(16,17)18/h3-6,9,12-13,20H,7-8H2,1-2H3. The molecule has 0 aliphatic carbocycles. The summed E-state index contributed by atoms with van der Waals surface area (Å²) in [6.45, 7) is 3.63. The lowest BCUT2D eigenvalue weighted by Gasteiger charge is -2.27. The normalized spacial score (nSPS) is 22.9. The fraction of sp³-hybridized carbons (Fsp3) is 0.533. The summed E-state index contributed by atoms with van der Waals surface area (Å²) in [4.78, 5) is 13.6. The Labute approximate surface area is 121 Å². The van der Waals surface area contributed by atoms with Crippen LogP contribution in [0.2, 0.25) is 0 Å². The Kier molecular flexibility index (Phi) is 4.27. The molecule has 116 valence electrons. The highest BCUT2D eigenvalue weighted by atomic mass is 19.4. The van der Waals surface area contributed by atoms with E-state index in [-0.39, 0.29) is 24.8 Å². The van der Waals surface area contributed by atoms with E-state index in [1.165, 1.54) is 11.0 Å². The van der Waals surface area contributed by atoms with Crippen molar-refractivity contribution in [3.63, 3.8) is 0 Å². The second-order valence-corrected chi connectivity index (χ2v) is 5.67. The number of hydrogen-bond donors (Lipinski definition) is 1. The zero-order chi connectivity index (χ0) is 15.8. The average molecular weight is 301 g/mol. The van der Waals surface area contributed by atoms with E-state index in [2.05, 4.69) is 0 Å². The van der Waals surface area contributed by atoms with E-state index in [1.807, 2.05) is 0 Å². The highest BCUT2D eigenvalue weighted by Gasteiger charge is 2.37. The Morgan fingerprint density at radius 1 is 1.38 bits per heavy atom. The summed E-state index contributed by atoms with van der Waals surface area (Å²) < 4.78 is 38.4. The summed E-state index contributed by atoms with van der Waals surface area (Å²) >= 11 is 0. The molecule has 1 aliphatic rings. The lowest BCUT2D eigenvalue weighted by atomic mass is 10.0. The van der Waals surface area contributed by atoms with Gasteiger partial charge in [-0.1, -0.05) is 26.0 Å². The first kappa shape index (κ1) is 15.8.